The van der Waals surface area contributed by atoms with Gasteiger partial charge in [-0.25, -0.2) is 0 Å². The summed E-state index contributed by atoms with van der Waals surface area (Å²) in [6, 6.07) is 58.6. The van der Waals surface area contributed by atoms with Gasteiger partial charge in [-0.15, -0.1) is 0 Å². The van der Waals surface area contributed by atoms with Crippen molar-refractivity contribution in [2.24, 2.45) is 0 Å². The summed E-state index contributed by atoms with van der Waals surface area (Å²) < 4.78 is 7.40. The van der Waals surface area contributed by atoms with Crippen molar-refractivity contribution in [1.82, 2.24) is 13.7 Å². The SMILES string of the molecule is N#Cc1ccc(Sc2ccc(-n3c4ccc5c6ccccc6n(-c6ccccc6)c5c4c4ccc5c(c6c(n5-c5ccccc5)C=CC=CC6)c43)cc2)cc1. The highest BCUT2D eigenvalue weighted by Crippen LogP contribution is 2.46. The minimum atomic E-state index is 0.669. The van der Waals surface area contributed by atoms with Crippen LogP contribution in [-0.4, -0.2) is 13.7 Å². The first-order valence-electron chi connectivity index (χ1n) is 18.6. The molecule has 10 aromatic rings. The maximum atomic E-state index is 9.29. The average molecular weight is 721 g/mol. The molecule has 3 aromatic heterocycles. The molecule has 11 rings (SSSR count). The van der Waals surface area contributed by atoms with Crippen LogP contribution in [0.1, 0.15) is 16.8 Å². The Kier molecular flexibility index (Phi) is 7.20. The Labute approximate surface area is 322 Å². The molecule has 0 bridgehead atoms. The summed E-state index contributed by atoms with van der Waals surface area (Å²) in [6.45, 7) is 0. The first-order valence-corrected chi connectivity index (χ1v) is 19.4. The van der Waals surface area contributed by atoms with Crippen molar-refractivity contribution in [3.63, 3.8) is 0 Å². The summed E-state index contributed by atoms with van der Waals surface area (Å²) >= 11 is 1.71. The predicted molar refractivity (Wildman–Crippen MR) is 229 cm³/mol. The fraction of sp³-hybridized carbons (Fsp3) is 0.0200. The number of hydrogen-bond donors (Lipinski definition) is 0. The van der Waals surface area contributed by atoms with E-state index in [4.69, 9.17) is 0 Å². The first-order chi connectivity index (χ1) is 27.3. The predicted octanol–water partition coefficient (Wildman–Crippen LogP) is 13.0. The minimum Gasteiger partial charge on any atom is -0.309 e. The Morgan fingerprint density at radius 2 is 1.05 bits per heavy atom. The zero-order chi connectivity index (χ0) is 36.5. The molecule has 4 nitrogen and oxygen atoms in total. The van der Waals surface area contributed by atoms with Gasteiger partial charge in [0, 0.05) is 53.8 Å². The van der Waals surface area contributed by atoms with Crippen molar-refractivity contribution in [3.8, 4) is 23.1 Å². The van der Waals surface area contributed by atoms with Gasteiger partial charge in [-0.1, -0.05) is 90.7 Å². The van der Waals surface area contributed by atoms with Crippen molar-refractivity contribution >= 4 is 72.4 Å². The van der Waals surface area contributed by atoms with Crippen LogP contribution >= 0.6 is 11.8 Å². The van der Waals surface area contributed by atoms with Crippen LogP contribution < -0.4 is 0 Å². The summed E-state index contributed by atoms with van der Waals surface area (Å²) in [4.78, 5) is 2.25. The molecule has 0 saturated heterocycles. The van der Waals surface area contributed by atoms with Gasteiger partial charge >= 0.3 is 0 Å². The number of aromatic nitrogens is 3. The number of nitrogens with zero attached hydrogens (tertiary/aromatic N) is 4. The molecule has 0 fully saturated rings. The van der Waals surface area contributed by atoms with E-state index in [1.54, 1.807) is 11.8 Å². The number of nitriles is 1. The van der Waals surface area contributed by atoms with Gasteiger partial charge in [0.25, 0.3) is 0 Å². The molecule has 3 heterocycles. The molecular weight excluding hydrogens is 689 g/mol. The van der Waals surface area contributed by atoms with Crippen molar-refractivity contribution in [2.75, 3.05) is 0 Å². The quantitative estimate of drug-likeness (QED) is 0.178. The Morgan fingerprint density at radius 3 is 1.78 bits per heavy atom. The topological polar surface area (TPSA) is 38.6 Å². The molecule has 0 aliphatic heterocycles. The van der Waals surface area contributed by atoms with Gasteiger partial charge in [-0.05, 0) is 115 Å². The van der Waals surface area contributed by atoms with Crippen LogP contribution in [0.4, 0.5) is 0 Å². The first kappa shape index (κ1) is 31.5. The molecule has 258 valence electrons. The van der Waals surface area contributed by atoms with Crippen LogP contribution in [-0.2, 0) is 6.42 Å². The molecule has 0 spiro atoms. The second-order valence-corrected chi connectivity index (χ2v) is 15.1. The highest BCUT2D eigenvalue weighted by Gasteiger charge is 2.26. The van der Waals surface area contributed by atoms with Crippen LogP contribution in [0.25, 0.3) is 77.7 Å². The normalized spacial score (nSPS) is 12.6. The third-order valence-electron chi connectivity index (χ3n) is 11.0. The van der Waals surface area contributed by atoms with Crippen LogP contribution in [0.2, 0.25) is 0 Å². The average Bonchev–Trinajstić information content (AvgIpc) is 3.79. The van der Waals surface area contributed by atoms with Gasteiger partial charge in [0.15, 0.2) is 0 Å². The van der Waals surface area contributed by atoms with E-state index in [2.05, 4.69) is 178 Å². The van der Waals surface area contributed by atoms with Crippen LogP contribution in [0.3, 0.4) is 0 Å². The van der Waals surface area contributed by atoms with E-state index in [1.807, 2.05) is 24.3 Å². The third-order valence-corrected chi connectivity index (χ3v) is 12.0. The highest BCUT2D eigenvalue weighted by atomic mass is 32.2. The molecule has 1 aliphatic rings. The second-order valence-electron chi connectivity index (χ2n) is 14.0. The summed E-state index contributed by atoms with van der Waals surface area (Å²) in [5, 5.41) is 15.5. The van der Waals surface area contributed by atoms with Crippen LogP contribution in [0, 0.1) is 11.3 Å². The number of benzene rings is 7. The molecule has 0 unspecified atom stereocenters. The van der Waals surface area contributed by atoms with E-state index >= 15 is 0 Å². The van der Waals surface area contributed by atoms with Crippen molar-refractivity contribution in [3.05, 3.63) is 193 Å². The number of para-hydroxylation sites is 3. The summed E-state index contributed by atoms with van der Waals surface area (Å²) in [7, 11) is 0. The lowest BCUT2D eigenvalue weighted by Gasteiger charge is -2.11. The van der Waals surface area contributed by atoms with Gasteiger partial charge in [-0.2, -0.15) is 5.26 Å². The van der Waals surface area contributed by atoms with Crippen LogP contribution in [0.5, 0.6) is 0 Å². The number of rotatable bonds is 5. The van der Waals surface area contributed by atoms with E-state index in [0.29, 0.717) is 5.56 Å². The molecule has 0 amide bonds. The smallest absolute Gasteiger partial charge is 0.0991 e. The van der Waals surface area contributed by atoms with E-state index < -0.39 is 0 Å². The molecule has 0 atom stereocenters. The summed E-state index contributed by atoms with van der Waals surface area (Å²) in [5.41, 5.74) is 12.6. The molecule has 0 saturated carbocycles. The molecular formula is C50H32N4S. The lowest BCUT2D eigenvalue weighted by Crippen LogP contribution is -1.97. The molecule has 5 heteroatoms. The molecule has 1 aliphatic carbocycles. The number of hydrogen-bond acceptors (Lipinski definition) is 2. The fourth-order valence-electron chi connectivity index (χ4n) is 8.67. The lowest BCUT2D eigenvalue weighted by atomic mass is 10.0. The van der Waals surface area contributed by atoms with Crippen molar-refractivity contribution in [2.45, 2.75) is 16.2 Å². The van der Waals surface area contributed by atoms with Gasteiger partial charge in [0.05, 0.1) is 44.9 Å². The Bertz CT molecular complexity index is 3230. The zero-order valence-corrected chi connectivity index (χ0v) is 30.5. The summed E-state index contributed by atoms with van der Waals surface area (Å²) in [6.07, 6.45) is 9.72. The van der Waals surface area contributed by atoms with E-state index in [0.717, 1.165) is 33.3 Å². The van der Waals surface area contributed by atoms with E-state index in [9.17, 15) is 5.26 Å². The lowest BCUT2D eigenvalue weighted by molar-refractivity contribution is 1.09. The molecule has 55 heavy (non-hydrogen) atoms. The van der Waals surface area contributed by atoms with Crippen molar-refractivity contribution < 1.29 is 0 Å². The Morgan fingerprint density at radius 1 is 0.473 bits per heavy atom. The highest BCUT2D eigenvalue weighted by molar-refractivity contribution is 7.99. The maximum absolute atomic E-state index is 9.29. The standard InChI is InChI=1S/C50H32N4S/c51-32-33-20-24-37(25-21-33)55-38-26-22-36(23-27-38)54-46-30-28-40-39-16-10-11-19-43(39)53(35-14-6-2-7-15-35)49(40)48(46)42-29-31-45-47(50(42)54)41-17-8-3-9-18-44(41)52(45)34-12-4-1-5-13-34/h1-16,18-31H,17H2. The van der Waals surface area contributed by atoms with Gasteiger partial charge in [0.2, 0.25) is 0 Å². The van der Waals surface area contributed by atoms with Gasteiger partial charge in [-0.3, -0.25) is 0 Å². The number of fused-ring (bicyclic) bond motifs is 11. The van der Waals surface area contributed by atoms with E-state index in [-0.39, 0.29) is 0 Å². The fourth-order valence-corrected chi connectivity index (χ4v) is 9.49. The Hall–Kier alpha value is -7.00. The van der Waals surface area contributed by atoms with E-state index in [1.165, 1.54) is 65.8 Å². The zero-order valence-electron chi connectivity index (χ0n) is 29.7. The largest absolute Gasteiger partial charge is 0.309 e. The summed E-state index contributed by atoms with van der Waals surface area (Å²) in [5.74, 6) is 0. The molecule has 0 N–H and O–H groups in total. The number of allylic oxidation sites excluding steroid dienone is 3. The Balaban J connectivity index is 1.27. The maximum Gasteiger partial charge on any atom is 0.0991 e. The second kappa shape index (κ2) is 12.6. The van der Waals surface area contributed by atoms with Crippen molar-refractivity contribution in [1.29, 1.82) is 5.26 Å². The van der Waals surface area contributed by atoms with Gasteiger partial charge in [0.1, 0.15) is 0 Å². The third kappa shape index (κ3) is 4.86. The monoisotopic (exact) mass is 720 g/mol. The minimum absolute atomic E-state index is 0.669. The molecule has 7 aromatic carbocycles. The van der Waals surface area contributed by atoms with Gasteiger partial charge < -0.3 is 13.7 Å². The molecule has 0 radical (unpaired) electrons. The van der Waals surface area contributed by atoms with Crippen LogP contribution in [0.15, 0.2) is 186 Å².